The average Bonchev–Trinajstić information content (AvgIpc) is 3.05. The number of fused-ring (bicyclic) bond motifs is 1. The van der Waals surface area contributed by atoms with Crippen molar-refractivity contribution in [3.63, 3.8) is 0 Å². The molecular weight excluding hydrogens is 417 g/mol. The van der Waals surface area contributed by atoms with Crippen LogP contribution in [0, 0.1) is 0 Å². The van der Waals surface area contributed by atoms with E-state index in [2.05, 4.69) is 40.1 Å². The second-order valence-electron chi connectivity index (χ2n) is 7.32. The van der Waals surface area contributed by atoms with Crippen molar-refractivity contribution < 1.29 is 4.74 Å². The molecule has 1 fully saturated rings. The van der Waals surface area contributed by atoms with Gasteiger partial charge in [-0.25, -0.2) is 0 Å². The zero-order chi connectivity index (χ0) is 19.3. The number of aromatic nitrogens is 1. The maximum absolute atomic E-state index is 12.6. The molecule has 0 atom stereocenters. The van der Waals surface area contributed by atoms with Gasteiger partial charge in [-0.1, -0.05) is 6.07 Å². The molecule has 0 unspecified atom stereocenters. The van der Waals surface area contributed by atoms with Gasteiger partial charge in [-0.15, -0.1) is 0 Å². The Morgan fingerprint density at radius 3 is 2.46 bits per heavy atom. The van der Waals surface area contributed by atoms with E-state index in [0.29, 0.717) is 0 Å². The predicted molar refractivity (Wildman–Crippen MR) is 114 cm³/mol. The topological polar surface area (TPSA) is 37.7 Å². The number of ether oxygens (including phenoxy) is 1. The fourth-order valence-corrected chi connectivity index (χ4v) is 5.90. The van der Waals surface area contributed by atoms with Crippen LogP contribution in [-0.2, 0) is 13.1 Å². The molecule has 148 valence electrons. The van der Waals surface area contributed by atoms with Crippen LogP contribution in [0.15, 0.2) is 53.3 Å². The molecule has 6 heteroatoms. The molecule has 1 aromatic heterocycles. The van der Waals surface area contributed by atoms with Crippen LogP contribution >= 0.6 is 0 Å². The molecule has 0 N–H and O–H groups in total. The normalized spacial score (nSPS) is 15.9. The minimum absolute atomic E-state index is 0.104. The first kappa shape index (κ1) is 19.5. The number of nitrogens with zero attached hydrogens (tertiary/aromatic N) is 3. The molecule has 0 aliphatic carbocycles. The standard InChI is InChI=1S/C22H27N3O2Se/c1-27-19-8-9-21-20(16-19)22(26)25(28-21)11-5-10-23-12-14-24(15-13-23)17-18-6-3-2-4-7-18/h2-4,6-9,16H,5,10-15,17H2,1H3. The molecule has 0 radical (unpaired) electrons. The Morgan fingerprint density at radius 2 is 1.71 bits per heavy atom. The summed E-state index contributed by atoms with van der Waals surface area (Å²) in [5, 5.41) is 0.828. The van der Waals surface area contributed by atoms with Crippen LogP contribution < -0.4 is 10.3 Å². The molecule has 28 heavy (non-hydrogen) atoms. The fourth-order valence-electron chi connectivity index (χ4n) is 3.78. The first-order chi connectivity index (χ1) is 13.7. The van der Waals surface area contributed by atoms with Crippen LogP contribution in [0.4, 0.5) is 0 Å². The summed E-state index contributed by atoms with van der Waals surface area (Å²) in [6.07, 6.45) is 1.04. The van der Waals surface area contributed by atoms with Crippen molar-refractivity contribution in [2.75, 3.05) is 39.8 Å². The number of benzene rings is 2. The number of hydrogen-bond donors (Lipinski definition) is 0. The Hall–Kier alpha value is -1.85. The van der Waals surface area contributed by atoms with E-state index in [1.165, 1.54) is 9.82 Å². The molecule has 4 rings (SSSR count). The van der Waals surface area contributed by atoms with E-state index in [-0.39, 0.29) is 20.3 Å². The van der Waals surface area contributed by atoms with Gasteiger partial charge in [0.25, 0.3) is 0 Å². The van der Waals surface area contributed by atoms with E-state index in [9.17, 15) is 4.79 Å². The van der Waals surface area contributed by atoms with E-state index >= 15 is 0 Å². The number of piperazine rings is 1. The summed E-state index contributed by atoms with van der Waals surface area (Å²) in [6, 6.07) is 16.6. The van der Waals surface area contributed by atoms with Gasteiger partial charge < -0.3 is 0 Å². The van der Waals surface area contributed by atoms with Gasteiger partial charge in [-0.3, -0.25) is 0 Å². The van der Waals surface area contributed by atoms with E-state index in [1.807, 2.05) is 21.8 Å². The van der Waals surface area contributed by atoms with Crippen molar-refractivity contribution in [3.8, 4) is 5.75 Å². The monoisotopic (exact) mass is 445 g/mol. The number of rotatable bonds is 7. The predicted octanol–water partition coefficient (Wildman–Crippen LogP) is 2.28. The summed E-state index contributed by atoms with van der Waals surface area (Å²) in [4.78, 5) is 17.7. The maximum atomic E-state index is 12.6. The van der Waals surface area contributed by atoms with Crippen molar-refractivity contribution in [2.45, 2.75) is 19.5 Å². The molecule has 3 aromatic rings. The van der Waals surface area contributed by atoms with Crippen LogP contribution in [0.5, 0.6) is 5.75 Å². The average molecular weight is 444 g/mol. The zero-order valence-electron chi connectivity index (χ0n) is 16.3. The molecule has 0 amide bonds. The van der Waals surface area contributed by atoms with Gasteiger partial charge in [0, 0.05) is 0 Å². The summed E-state index contributed by atoms with van der Waals surface area (Å²) in [5.41, 5.74) is 1.56. The fraction of sp³-hybridized carbons (Fsp3) is 0.409. The molecule has 0 spiro atoms. The van der Waals surface area contributed by atoms with Gasteiger partial charge in [0.05, 0.1) is 0 Å². The molecule has 2 aromatic carbocycles. The van der Waals surface area contributed by atoms with Gasteiger partial charge >= 0.3 is 166 Å². The second-order valence-corrected chi connectivity index (χ2v) is 9.55. The van der Waals surface area contributed by atoms with Gasteiger partial charge in [-0.05, 0) is 0 Å². The number of methoxy groups -OCH3 is 1. The van der Waals surface area contributed by atoms with Crippen molar-refractivity contribution in [3.05, 3.63) is 64.4 Å². The summed E-state index contributed by atoms with van der Waals surface area (Å²) in [6.45, 7) is 7.42. The van der Waals surface area contributed by atoms with Gasteiger partial charge in [0.1, 0.15) is 0 Å². The quantitative estimate of drug-likeness (QED) is 0.524. The van der Waals surface area contributed by atoms with Crippen LogP contribution in [0.2, 0.25) is 0 Å². The molecular formula is C22H27N3O2Se. The van der Waals surface area contributed by atoms with Crippen molar-refractivity contribution in [2.24, 2.45) is 0 Å². The molecule has 2 heterocycles. The molecule has 1 aliphatic heterocycles. The minimum atomic E-state index is 0.104. The molecule has 0 saturated carbocycles. The molecule has 1 aliphatic rings. The van der Waals surface area contributed by atoms with Crippen molar-refractivity contribution in [1.82, 2.24) is 13.4 Å². The van der Waals surface area contributed by atoms with Crippen molar-refractivity contribution >= 4 is 24.4 Å². The Bertz CT molecular complexity index is 959. The summed E-state index contributed by atoms with van der Waals surface area (Å²) < 4.78 is 8.46. The summed E-state index contributed by atoms with van der Waals surface area (Å²) in [7, 11) is 1.64. The van der Waals surface area contributed by atoms with Crippen molar-refractivity contribution in [1.29, 1.82) is 0 Å². The molecule has 1 saturated heterocycles. The van der Waals surface area contributed by atoms with Crippen LogP contribution in [0.25, 0.3) is 9.65 Å². The number of aryl methyl sites for hydroxylation is 1. The SMILES string of the molecule is COc1ccc2[se]n(CCCN3CCN(Cc4ccccc4)CC3)c(=O)c2c1. The third-order valence-corrected chi connectivity index (χ3v) is 7.75. The Labute approximate surface area is 172 Å². The zero-order valence-corrected chi connectivity index (χ0v) is 18.1. The van der Waals surface area contributed by atoms with Gasteiger partial charge in [0.2, 0.25) is 0 Å². The Kier molecular flexibility index (Phi) is 6.33. The third-order valence-electron chi connectivity index (χ3n) is 5.40. The first-order valence-electron chi connectivity index (χ1n) is 9.89. The van der Waals surface area contributed by atoms with Gasteiger partial charge in [0.15, 0.2) is 0 Å². The van der Waals surface area contributed by atoms with Crippen LogP contribution in [0.3, 0.4) is 0 Å². The van der Waals surface area contributed by atoms with Crippen LogP contribution in [-0.4, -0.2) is 67.9 Å². The Morgan fingerprint density at radius 1 is 0.964 bits per heavy atom. The number of hydrogen-bond acceptors (Lipinski definition) is 4. The van der Waals surface area contributed by atoms with E-state index in [4.69, 9.17) is 4.74 Å². The van der Waals surface area contributed by atoms with E-state index < -0.39 is 0 Å². The van der Waals surface area contributed by atoms with Gasteiger partial charge in [-0.2, -0.15) is 0 Å². The molecule has 5 nitrogen and oxygen atoms in total. The molecule has 0 bridgehead atoms. The van der Waals surface area contributed by atoms with E-state index in [0.717, 1.165) is 63.4 Å². The summed E-state index contributed by atoms with van der Waals surface area (Å²) in [5.74, 6) is 0.762. The summed E-state index contributed by atoms with van der Waals surface area (Å²) >= 11 is 0.104. The van der Waals surface area contributed by atoms with Crippen LogP contribution in [0.1, 0.15) is 12.0 Å². The second kappa shape index (κ2) is 9.10. The third kappa shape index (κ3) is 4.58. The first-order valence-corrected chi connectivity index (χ1v) is 11.5. The van der Waals surface area contributed by atoms with E-state index in [1.54, 1.807) is 7.11 Å². The Balaban J connectivity index is 1.25.